The number of carbonyl (C=O) groups is 1. The van der Waals surface area contributed by atoms with Gasteiger partial charge in [-0.25, -0.2) is 4.98 Å². The van der Waals surface area contributed by atoms with Crippen molar-refractivity contribution in [2.75, 3.05) is 27.9 Å². The van der Waals surface area contributed by atoms with Gasteiger partial charge in [-0.15, -0.1) is 11.3 Å². The summed E-state index contributed by atoms with van der Waals surface area (Å²) < 4.78 is 17.3. The highest BCUT2D eigenvalue weighted by Gasteiger charge is 2.31. The standard InChI is InChI=1S/C23H24N2O4S/c1-27-18-13-15(14-19(28-2)22(18)29-3)10-11-21(26)25-12-6-8-17(25)23-24-16-7-4-5-9-20(16)30-23/h4-5,7,9-11,13-14,17H,6,8,12H2,1-3H3. The monoisotopic (exact) mass is 424 g/mol. The lowest BCUT2D eigenvalue weighted by molar-refractivity contribution is -0.126. The lowest BCUT2D eigenvalue weighted by Crippen LogP contribution is -2.28. The van der Waals surface area contributed by atoms with Crippen LogP contribution in [0.5, 0.6) is 17.2 Å². The van der Waals surface area contributed by atoms with Crippen LogP contribution in [0.4, 0.5) is 0 Å². The molecular formula is C23H24N2O4S. The Labute approximate surface area is 179 Å². The Balaban J connectivity index is 1.56. The Morgan fingerprint density at radius 3 is 2.53 bits per heavy atom. The number of hydrogen-bond donors (Lipinski definition) is 0. The van der Waals surface area contributed by atoms with Crippen LogP contribution in [0, 0.1) is 0 Å². The van der Waals surface area contributed by atoms with Crippen molar-refractivity contribution in [2.45, 2.75) is 18.9 Å². The molecule has 4 rings (SSSR count). The predicted molar refractivity (Wildman–Crippen MR) is 118 cm³/mol. The van der Waals surface area contributed by atoms with Gasteiger partial charge in [-0.05, 0) is 48.7 Å². The summed E-state index contributed by atoms with van der Waals surface area (Å²) in [5.41, 5.74) is 1.79. The molecule has 0 spiro atoms. The van der Waals surface area contributed by atoms with Gasteiger partial charge < -0.3 is 19.1 Å². The van der Waals surface area contributed by atoms with E-state index < -0.39 is 0 Å². The number of thiazole rings is 1. The van der Waals surface area contributed by atoms with Crippen LogP contribution < -0.4 is 14.2 Å². The molecule has 1 saturated heterocycles. The number of amides is 1. The minimum atomic E-state index is -0.0227. The number of fused-ring (bicyclic) bond motifs is 1. The number of benzene rings is 2. The number of hydrogen-bond acceptors (Lipinski definition) is 6. The number of carbonyl (C=O) groups excluding carboxylic acids is 1. The second-order valence-electron chi connectivity index (χ2n) is 7.00. The van der Waals surface area contributed by atoms with E-state index >= 15 is 0 Å². The smallest absolute Gasteiger partial charge is 0.247 e. The van der Waals surface area contributed by atoms with Crippen LogP contribution in [0.2, 0.25) is 0 Å². The Kier molecular flexibility index (Phi) is 5.90. The fourth-order valence-electron chi connectivity index (χ4n) is 3.78. The number of nitrogens with zero attached hydrogens (tertiary/aromatic N) is 2. The summed E-state index contributed by atoms with van der Waals surface area (Å²) >= 11 is 1.67. The van der Waals surface area contributed by atoms with Crippen LogP contribution in [0.15, 0.2) is 42.5 Å². The predicted octanol–water partition coefficient (Wildman–Crippen LogP) is 4.70. The summed E-state index contributed by atoms with van der Waals surface area (Å²) in [4.78, 5) is 19.7. The summed E-state index contributed by atoms with van der Waals surface area (Å²) in [6.07, 6.45) is 5.29. The number of methoxy groups -OCH3 is 3. The van der Waals surface area contributed by atoms with E-state index in [1.165, 1.54) is 0 Å². The zero-order chi connectivity index (χ0) is 21.1. The molecule has 0 N–H and O–H groups in total. The third-order valence-electron chi connectivity index (χ3n) is 5.24. The molecule has 30 heavy (non-hydrogen) atoms. The van der Waals surface area contributed by atoms with E-state index in [0.717, 1.165) is 40.2 Å². The first-order chi connectivity index (χ1) is 14.6. The molecule has 1 atom stereocenters. The number of likely N-dealkylation sites (tertiary alicyclic amines) is 1. The van der Waals surface area contributed by atoms with Crippen LogP contribution in [0.3, 0.4) is 0 Å². The maximum atomic E-state index is 13.0. The summed E-state index contributed by atoms with van der Waals surface area (Å²) in [6.45, 7) is 0.735. The third-order valence-corrected chi connectivity index (χ3v) is 6.37. The van der Waals surface area contributed by atoms with Gasteiger partial charge in [0.25, 0.3) is 0 Å². The van der Waals surface area contributed by atoms with E-state index in [1.807, 2.05) is 35.2 Å². The van der Waals surface area contributed by atoms with E-state index in [0.29, 0.717) is 17.2 Å². The molecule has 0 aliphatic carbocycles. The van der Waals surface area contributed by atoms with Gasteiger partial charge >= 0.3 is 0 Å². The largest absolute Gasteiger partial charge is 0.493 e. The maximum absolute atomic E-state index is 13.0. The molecule has 1 unspecified atom stereocenters. The number of para-hydroxylation sites is 1. The van der Waals surface area contributed by atoms with E-state index in [9.17, 15) is 4.79 Å². The second-order valence-corrected chi connectivity index (χ2v) is 8.06. The van der Waals surface area contributed by atoms with Gasteiger partial charge in [0.2, 0.25) is 11.7 Å². The molecule has 7 heteroatoms. The highest BCUT2D eigenvalue weighted by atomic mass is 32.1. The quantitative estimate of drug-likeness (QED) is 0.537. The minimum Gasteiger partial charge on any atom is -0.493 e. The number of ether oxygens (including phenoxy) is 3. The fraction of sp³-hybridized carbons (Fsp3) is 0.304. The summed E-state index contributed by atoms with van der Waals surface area (Å²) in [5.74, 6) is 1.61. The van der Waals surface area contributed by atoms with Crippen LogP contribution >= 0.6 is 11.3 Å². The first-order valence-electron chi connectivity index (χ1n) is 9.78. The van der Waals surface area contributed by atoms with Crippen molar-refractivity contribution in [3.63, 3.8) is 0 Å². The lowest BCUT2D eigenvalue weighted by Gasteiger charge is -2.21. The molecule has 1 fully saturated rings. The summed E-state index contributed by atoms with van der Waals surface area (Å²) in [5, 5.41) is 1.00. The van der Waals surface area contributed by atoms with Crippen molar-refractivity contribution in [2.24, 2.45) is 0 Å². The summed E-state index contributed by atoms with van der Waals surface area (Å²) in [7, 11) is 4.71. The van der Waals surface area contributed by atoms with E-state index in [2.05, 4.69) is 6.07 Å². The first-order valence-corrected chi connectivity index (χ1v) is 10.6. The zero-order valence-electron chi connectivity index (χ0n) is 17.3. The van der Waals surface area contributed by atoms with Crippen molar-refractivity contribution in [3.05, 3.63) is 53.0 Å². The van der Waals surface area contributed by atoms with Gasteiger partial charge in [0.15, 0.2) is 11.5 Å². The molecule has 1 aromatic heterocycles. The minimum absolute atomic E-state index is 0.0227. The molecule has 2 aromatic carbocycles. The molecule has 1 aliphatic heterocycles. The van der Waals surface area contributed by atoms with E-state index in [1.54, 1.807) is 44.8 Å². The molecule has 1 amide bonds. The van der Waals surface area contributed by atoms with Gasteiger partial charge in [0, 0.05) is 12.6 Å². The van der Waals surface area contributed by atoms with Crippen molar-refractivity contribution >= 4 is 33.5 Å². The average molecular weight is 425 g/mol. The van der Waals surface area contributed by atoms with Gasteiger partial charge in [-0.2, -0.15) is 0 Å². The molecule has 0 radical (unpaired) electrons. The summed E-state index contributed by atoms with van der Waals surface area (Å²) in [6, 6.07) is 11.8. The molecular weight excluding hydrogens is 400 g/mol. The fourth-order valence-corrected chi connectivity index (χ4v) is 4.90. The highest BCUT2D eigenvalue weighted by Crippen LogP contribution is 2.39. The van der Waals surface area contributed by atoms with Crippen molar-refractivity contribution in [1.82, 2.24) is 9.88 Å². The normalized spacial score (nSPS) is 16.4. The van der Waals surface area contributed by atoms with Crippen LogP contribution in [0.25, 0.3) is 16.3 Å². The maximum Gasteiger partial charge on any atom is 0.247 e. The molecule has 3 aromatic rings. The molecule has 156 valence electrons. The molecule has 1 aliphatic rings. The second kappa shape index (κ2) is 8.75. The highest BCUT2D eigenvalue weighted by molar-refractivity contribution is 7.18. The SMILES string of the molecule is COc1cc(C=CC(=O)N2CCCC2c2nc3ccccc3s2)cc(OC)c1OC. The Morgan fingerprint density at radius 1 is 1.13 bits per heavy atom. The van der Waals surface area contributed by atoms with Crippen molar-refractivity contribution in [3.8, 4) is 17.2 Å². The van der Waals surface area contributed by atoms with E-state index in [-0.39, 0.29) is 11.9 Å². The van der Waals surface area contributed by atoms with Crippen molar-refractivity contribution in [1.29, 1.82) is 0 Å². The number of rotatable bonds is 6. The molecule has 6 nitrogen and oxygen atoms in total. The van der Waals surface area contributed by atoms with Gasteiger partial charge in [0.1, 0.15) is 5.01 Å². The van der Waals surface area contributed by atoms with Crippen LogP contribution in [-0.4, -0.2) is 43.7 Å². The Morgan fingerprint density at radius 2 is 1.87 bits per heavy atom. The van der Waals surface area contributed by atoms with Gasteiger partial charge in [-0.3, -0.25) is 4.79 Å². The topological polar surface area (TPSA) is 60.9 Å². The van der Waals surface area contributed by atoms with Crippen LogP contribution in [0.1, 0.15) is 29.5 Å². The Bertz CT molecular complexity index is 1030. The van der Waals surface area contributed by atoms with Gasteiger partial charge in [0.05, 0.1) is 37.6 Å². The van der Waals surface area contributed by atoms with E-state index in [4.69, 9.17) is 19.2 Å². The van der Waals surface area contributed by atoms with Gasteiger partial charge in [-0.1, -0.05) is 12.1 Å². The molecule has 2 heterocycles. The first kappa shape index (κ1) is 20.2. The Hall–Kier alpha value is -3.06. The number of aromatic nitrogens is 1. The average Bonchev–Trinajstić information content (AvgIpc) is 3.43. The lowest BCUT2D eigenvalue weighted by atomic mass is 10.1. The third kappa shape index (κ3) is 3.85. The zero-order valence-corrected chi connectivity index (χ0v) is 18.1. The molecule has 0 bridgehead atoms. The molecule has 0 saturated carbocycles. The van der Waals surface area contributed by atoms with Crippen molar-refractivity contribution < 1.29 is 19.0 Å². The van der Waals surface area contributed by atoms with Crippen LogP contribution in [-0.2, 0) is 4.79 Å².